The highest BCUT2D eigenvalue weighted by molar-refractivity contribution is 5.92. The van der Waals surface area contributed by atoms with Crippen molar-refractivity contribution in [1.82, 2.24) is 0 Å². The molecule has 0 radical (unpaired) electrons. The van der Waals surface area contributed by atoms with Gasteiger partial charge in [-0.05, 0) is 29.8 Å². The van der Waals surface area contributed by atoms with Gasteiger partial charge in [0.15, 0.2) is 0 Å². The van der Waals surface area contributed by atoms with E-state index >= 15 is 0 Å². The van der Waals surface area contributed by atoms with Crippen LogP contribution in [0.4, 0.5) is 5.69 Å². The van der Waals surface area contributed by atoms with Crippen molar-refractivity contribution in [2.75, 3.05) is 5.73 Å². The van der Waals surface area contributed by atoms with E-state index in [1.807, 2.05) is 6.07 Å². The van der Waals surface area contributed by atoms with E-state index in [4.69, 9.17) is 16.1 Å². The molecule has 6 heteroatoms. The quantitative estimate of drug-likeness (QED) is 0.487. The standard InChI is InChI=1S/C14H10N2O4/c15-6-7-3-10(13(16)12(18)4-7)8-1-2-9(14(19)20)11(17)5-8/h1-5,17-18H,16H2,(H,19,20). The summed E-state index contributed by atoms with van der Waals surface area (Å²) < 4.78 is 0. The van der Waals surface area contributed by atoms with Crippen LogP contribution in [-0.2, 0) is 0 Å². The van der Waals surface area contributed by atoms with Crippen LogP contribution in [0.1, 0.15) is 15.9 Å². The number of nitrogens with two attached hydrogens (primary N) is 1. The molecule has 20 heavy (non-hydrogen) atoms. The van der Waals surface area contributed by atoms with Gasteiger partial charge in [-0.2, -0.15) is 5.26 Å². The third-order valence-corrected chi connectivity index (χ3v) is 2.83. The number of nitriles is 1. The normalized spacial score (nSPS) is 9.95. The Morgan fingerprint density at radius 3 is 2.40 bits per heavy atom. The second kappa shape index (κ2) is 4.82. The van der Waals surface area contributed by atoms with E-state index in [1.54, 1.807) is 0 Å². The first-order valence-corrected chi connectivity index (χ1v) is 5.53. The van der Waals surface area contributed by atoms with Crippen molar-refractivity contribution in [1.29, 1.82) is 5.26 Å². The van der Waals surface area contributed by atoms with Gasteiger partial charge in [0.05, 0.1) is 17.3 Å². The lowest BCUT2D eigenvalue weighted by molar-refractivity contribution is 0.0694. The number of hydrogen-bond donors (Lipinski definition) is 4. The molecule has 2 aromatic carbocycles. The number of carboxylic acid groups (broad SMARTS) is 1. The van der Waals surface area contributed by atoms with Gasteiger partial charge in [0, 0.05) is 5.56 Å². The topological polar surface area (TPSA) is 128 Å². The highest BCUT2D eigenvalue weighted by atomic mass is 16.4. The Morgan fingerprint density at radius 2 is 1.85 bits per heavy atom. The first-order valence-electron chi connectivity index (χ1n) is 5.53. The van der Waals surface area contributed by atoms with Crippen molar-refractivity contribution in [3.05, 3.63) is 41.5 Å². The third-order valence-electron chi connectivity index (χ3n) is 2.83. The summed E-state index contributed by atoms with van der Waals surface area (Å²) in [4.78, 5) is 10.8. The van der Waals surface area contributed by atoms with E-state index < -0.39 is 11.7 Å². The number of carbonyl (C=O) groups is 1. The van der Waals surface area contributed by atoms with Crippen LogP contribution in [0.5, 0.6) is 11.5 Å². The largest absolute Gasteiger partial charge is 0.507 e. The minimum atomic E-state index is -1.25. The number of nitrogen functional groups attached to an aromatic ring is 1. The van der Waals surface area contributed by atoms with Crippen LogP contribution in [0, 0.1) is 11.3 Å². The van der Waals surface area contributed by atoms with Crippen molar-refractivity contribution >= 4 is 11.7 Å². The molecule has 0 saturated carbocycles. The molecule has 0 spiro atoms. The molecule has 0 amide bonds. The fourth-order valence-electron chi connectivity index (χ4n) is 1.82. The molecule has 2 rings (SSSR count). The summed E-state index contributed by atoms with van der Waals surface area (Å²) in [6, 6.07) is 8.44. The zero-order valence-electron chi connectivity index (χ0n) is 10.2. The van der Waals surface area contributed by atoms with Gasteiger partial charge in [-0.25, -0.2) is 4.79 Å². The van der Waals surface area contributed by atoms with Gasteiger partial charge in [0.25, 0.3) is 0 Å². The number of nitrogens with zero attached hydrogens (tertiary/aromatic N) is 1. The van der Waals surface area contributed by atoms with Crippen LogP contribution in [0.15, 0.2) is 30.3 Å². The number of carboxylic acids is 1. The Bertz CT molecular complexity index is 748. The summed E-state index contributed by atoms with van der Waals surface area (Å²) in [5, 5.41) is 37.0. The van der Waals surface area contributed by atoms with Crippen molar-refractivity contribution in [3.8, 4) is 28.7 Å². The van der Waals surface area contributed by atoms with Gasteiger partial charge < -0.3 is 21.1 Å². The molecule has 0 aliphatic carbocycles. The molecule has 100 valence electrons. The first-order chi connectivity index (χ1) is 9.43. The summed E-state index contributed by atoms with van der Waals surface area (Å²) in [6.45, 7) is 0. The number of rotatable bonds is 2. The maximum absolute atomic E-state index is 10.8. The van der Waals surface area contributed by atoms with Gasteiger partial charge in [0.1, 0.15) is 17.1 Å². The Morgan fingerprint density at radius 1 is 1.15 bits per heavy atom. The molecule has 5 N–H and O–H groups in total. The highest BCUT2D eigenvalue weighted by Gasteiger charge is 2.14. The molecule has 0 heterocycles. The van der Waals surface area contributed by atoms with Gasteiger partial charge in [-0.3, -0.25) is 0 Å². The van der Waals surface area contributed by atoms with E-state index in [0.717, 1.165) is 0 Å². The third kappa shape index (κ3) is 2.20. The lowest BCUT2D eigenvalue weighted by Gasteiger charge is -2.10. The summed E-state index contributed by atoms with van der Waals surface area (Å²) in [6.07, 6.45) is 0. The number of aromatic carboxylic acids is 1. The molecule has 0 aliphatic heterocycles. The molecule has 0 aliphatic rings. The van der Waals surface area contributed by atoms with Crippen molar-refractivity contribution < 1.29 is 20.1 Å². The number of phenols is 2. The Balaban J connectivity index is 2.63. The van der Waals surface area contributed by atoms with Crippen LogP contribution in [0.2, 0.25) is 0 Å². The average Bonchev–Trinajstić information content (AvgIpc) is 2.41. The molecule has 2 aromatic rings. The van der Waals surface area contributed by atoms with E-state index in [0.29, 0.717) is 11.1 Å². The summed E-state index contributed by atoms with van der Waals surface area (Å²) in [5.41, 5.74) is 6.48. The Labute approximate surface area is 113 Å². The number of phenolic OH excluding ortho intramolecular Hbond substituents is 1. The minimum absolute atomic E-state index is 0.0477. The molecule has 0 unspecified atom stereocenters. The molecule has 0 fully saturated rings. The zero-order chi connectivity index (χ0) is 14.9. The van der Waals surface area contributed by atoms with E-state index in [2.05, 4.69) is 0 Å². The van der Waals surface area contributed by atoms with Crippen LogP contribution >= 0.6 is 0 Å². The smallest absolute Gasteiger partial charge is 0.339 e. The molecule has 0 bridgehead atoms. The second-order valence-electron chi connectivity index (χ2n) is 4.11. The van der Waals surface area contributed by atoms with Crippen LogP contribution < -0.4 is 5.73 Å². The summed E-state index contributed by atoms with van der Waals surface area (Å²) in [7, 11) is 0. The fourth-order valence-corrected chi connectivity index (χ4v) is 1.82. The summed E-state index contributed by atoms with van der Waals surface area (Å²) in [5.74, 6) is -1.92. The lowest BCUT2D eigenvalue weighted by atomic mass is 9.99. The van der Waals surface area contributed by atoms with Crippen molar-refractivity contribution in [2.24, 2.45) is 0 Å². The van der Waals surface area contributed by atoms with Crippen molar-refractivity contribution in [3.63, 3.8) is 0 Å². The predicted octanol–water partition coefficient (Wildman–Crippen LogP) is 1.92. The Hall–Kier alpha value is -3.20. The number of anilines is 1. The number of aromatic hydroxyl groups is 2. The zero-order valence-corrected chi connectivity index (χ0v) is 10.2. The molecule has 0 atom stereocenters. The lowest BCUT2D eigenvalue weighted by Crippen LogP contribution is -1.97. The first kappa shape index (κ1) is 13.2. The SMILES string of the molecule is N#Cc1cc(O)c(N)c(-c2ccc(C(=O)O)c(O)c2)c1. The monoisotopic (exact) mass is 270 g/mol. The van der Waals surface area contributed by atoms with E-state index in [1.165, 1.54) is 30.3 Å². The fraction of sp³-hybridized carbons (Fsp3) is 0. The maximum atomic E-state index is 10.8. The molecule has 0 saturated heterocycles. The van der Waals surface area contributed by atoms with Crippen LogP contribution in [0.25, 0.3) is 11.1 Å². The minimum Gasteiger partial charge on any atom is -0.507 e. The molecule has 0 aromatic heterocycles. The van der Waals surface area contributed by atoms with Gasteiger partial charge >= 0.3 is 5.97 Å². The van der Waals surface area contributed by atoms with E-state index in [-0.39, 0.29) is 22.6 Å². The number of benzene rings is 2. The van der Waals surface area contributed by atoms with Gasteiger partial charge in [-0.15, -0.1) is 0 Å². The van der Waals surface area contributed by atoms with Gasteiger partial charge in [-0.1, -0.05) is 6.07 Å². The Kier molecular flexibility index (Phi) is 3.19. The maximum Gasteiger partial charge on any atom is 0.339 e. The highest BCUT2D eigenvalue weighted by Crippen LogP contribution is 2.36. The predicted molar refractivity (Wildman–Crippen MR) is 71.3 cm³/mol. The van der Waals surface area contributed by atoms with Crippen LogP contribution in [-0.4, -0.2) is 21.3 Å². The number of hydrogen-bond acceptors (Lipinski definition) is 5. The summed E-state index contributed by atoms with van der Waals surface area (Å²) >= 11 is 0. The van der Waals surface area contributed by atoms with E-state index in [9.17, 15) is 15.0 Å². The average molecular weight is 270 g/mol. The van der Waals surface area contributed by atoms with Crippen molar-refractivity contribution in [2.45, 2.75) is 0 Å². The van der Waals surface area contributed by atoms with Gasteiger partial charge in [0.2, 0.25) is 0 Å². The van der Waals surface area contributed by atoms with Crippen LogP contribution in [0.3, 0.4) is 0 Å². The molecular weight excluding hydrogens is 260 g/mol. The second-order valence-corrected chi connectivity index (χ2v) is 4.11. The molecular formula is C14H10N2O4. The molecule has 6 nitrogen and oxygen atoms in total.